The molecule has 0 bridgehead atoms. The van der Waals surface area contributed by atoms with Gasteiger partial charge in [-0.3, -0.25) is 14.5 Å². The molecule has 0 saturated heterocycles. The molecule has 0 spiro atoms. The van der Waals surface area contributed by atoms with E-state index in [4.69, 9.17) is 0 Å². The molecule has 3 rings (SSSR count). The lowest BCUT2D eigenvalue weighted by Crippen LogP contribution is -2.39. The molecule has 0 radical (unpaired) electrons. The lowest BCUT2D eigenvalue weighted by molar-refractivity contribution is -0.139. The molecule has 0 atom stereocenters. The first kappa shape index (κ1) is 21.3. The fourth-order valence-electron chi connectivity index (χ4n) is 2.83. The third-order valence-electron chi connectivity index (χ3n) is 4.48. The Bertz CT molecular complexity index is 1000. The van der Waals surface area contributed by atoms with Crippen LogP contribution in [0.2, 0.25) is 0 Å². The number of aryl methyl sites for hydroxylation is 2. The molecule has 3 aromatic rings. The van der Waals surface area contributed by atoms with Crippen LogP contribution in [-0.4, -0.2) is 38.4 Å². The first-order valence-electron chi connectivity index (χ1n) is 9.68. The lowest BCUT2D eigenvalue weighted by Gasteiger charge is -2.12. The number of alkyl halides is 2. The molecule has 0 aliphatic carbocycles. The molecule has 1 N–H and O–H groups in total. The van der Waals surface area contributed by atoms with Crippen LogP contribution in [0.3, 0.4) is 0 Å². The van der Waals surface area contributed by atoms with E-state index in [1.807, 2.05) is 19.1 Å². The molecule has 2 aromatic heterocycles. The maximum atomic E-state index is 13.9. The topological polar surface area (TPSA) is 72.7 Å². The summed E-state index contributed by atoms with van der Waals surface area (Å²) in [5.41, 5.74) is 3.08. The number of hydrogen-bond acceptors (Lipinski definition) is 4. The van der Waals surface area contributed by atoms with Gasteiger partial charge in [0.2, 0.25) is 0 Å². The van der Waals surface area contributed by atoms with E-state index in [9.17, 15) is 13.6 Å². The van der Waals surface area contributed by atoms with Gasteiger partial charge in [-0.25, -0.2) is 0 Å². The molecule has 1 amide bonds. The first-order chi connectivity index (χ1) is 14.5. The minimum atomic E-state index is -3.56. The van der Waals surface area contributed by atoms with Gasteiger partial charge in [0.1, 0.15) is 5.69 Å². The number of amides is 1. The minimum Gasteiger partial charge on any atom is -0.351 e. The number of pyridine rings is 1. The fourth-order valence-corrected chi connectivity index (χ4v) is 2.83. The molecule has 6 nitrogen and oxygen atoms in total. The molecule has 156 valence electrons. The van der Waals surface area contributed by atoms with E-state index < -0.39 is 11.8 Å². The minimum absolute atomic E-state index is 0.161. The largest absolute Gasteiger partial charge is 0.351 e. The SMILES string of the molecule is Cc1cccnc1-c1cn(CCCCNC(=O)C(F)(F)/C=C/c2ccccc2)nn1. The van der Waals surface area contributed by atoms with Gasteiger partial charge in [0.25, 0.3) is 5.91 Å². The van der Waals surface area contributed by atoms with Crippen molar-refractivity contribution >= 4 is 12.0 Å². The Balaban J connectivity index is 1.41. The maximum absolute atomic E-state index is 13.9. The maximum Gasteiger partial charge on any atom is 0.343 e. The first-order valence-corrected chi connectivity index (χ1v) is 9.68. The quantitative estimate of drug-likeness (QED) is 0.542. The number of carbonyl (C=O) groups is 1. The van der Waals surface area contributed by atoms with E-state index >= 15 is 0 Å². The van der Waals surface area contributed by atoms with E-state index in [0.717, 1.165) is 11.3 Å². The number of halogens is 2. The molecular formula is C22H23F2N5O. The predicted molar refractivity (Wildman–Crippen MR) is 111 cm³/mol. The van der Waals surface area contributed by atoms with Crippen LogP contribution in [-0.2, 0) is 11.3 Å². The molecule has 0 unspecified atom stereocenters. The highest BCUT2D eigenvalue weighted by Crippen LogP contribution is 2.18. The zero-order chi connectivity index (χ0) is 21.4. The molecule has 30 heavy (non-hydrogen) atoms. The Labute approximate surface area is 173 Å². The Morgan fingerprint density at radius 2 is 1.97 bits per heavy atom. The highest BCUT2D eigenvalue weighted by atomic mass is 19.3. The van der Waals surface area contributed by atoms with Crippen LogP contribution in [0.1, 0.15) is 24.0 Å². The smallest absolute Gasteiger partial charge is 0.343 e. The van der Waals surface area contributed by atoms with Crippen molar-refractivity contribution in [1.82, 2.24) is 25.3 Å². The molecule has 1 aromatic carbocycles. The zero-order valence-corrected chi connectivity index (χ0v) is 16.6. The van der Waals surface area contributed by atoms with Crippen LogP contribution in [0.15, 0.2) is 60.9 Å². The van der Waals surface area contributed by atoms with Gasteiger partial charge in [-0.05, 0) is 43.0 Å². The summed E-state index contributed by atoms with van der Waals surface area (Å²) in [5.74, 6) is -4.86. The van der Waals surface area contributed by atoms with E-state index in [0.29, 0.717) is 36.7 Å². The summed E-state index contributed by atoms with van der Waals surface area (Å²) in [4.78, 5) is 16.1. The Kier molecular flexibility index (Phi) is 7.00. The van der Waals surface area contributed by atoms with Crippen molar-refractivity contribution in [2.24, 2.45) is 0 Å². The number of nitrogens with one attached hydrogen (secondary N) is 1. The van der Waals surface area contributed by atoms with Gasteiger partial charge in [-0.2, -0.15) is 8.78 Å². The zero-order valence-electron chi connectivity index (χ0n) is 16.6. The molecular weight excluding hydrogens is 388 g/mol. The van der Waals surface area contributed by atoms with Gasteiger partial charge in [-0.15, -0.1) is 5.10 Å². The van der Waals surface area contributed by atoms with E-state index in [1.54, 1.807) is 47.4 Å². The number of aromatic nitrogens is 4. The average molecular weight is 411 g/mol. The number of benzene rings is 1. The van der Waals surface area contributed by atoms with Gasteiger partial charge < -0.3 is 5.32 Å². The summed E-state index contributed by atoms with van der Waals surface area (Å²) in [7, 11) is 0. The van der Waals surface area contributed by atoms with Crippen LogP contribution < -0.4 is 5.32 Å². The van der Waals surface area contributed by atoms with Crippen molar-refractivity contribution in [2.75, 3.05) is 6.54 Å². The highest BCUT2D eigenvalue weighted by Gasteiger charge is 2.35. The number of hydrogen-bond donors (Lipinski definition) is 1. The molecule has 0 aliphatic rings. The van der Waals surface area contributed by atoms with E-state index in [2.05, 4.69) is 20.6 Å². The summed E-state index contributed by atoms with van der Waals surface area (Å²) < 4.78 is 29.6. The second kappa shape index (κ2) is 9.87. The van der Waals surface area contributed by atoms with Gasteiger partial charge >= 0.3 is 5.92 Å². The number of nitrogens with zero attached hydrogens (tertiary/aromatic N) is 4. The summed E-state index contributed by atoms with van der Waals surface area (Å²) in [6, 6.07) is 12.5. The number of carbonyl (C=O) groups excluding carboxylic acids is 1. The lowest BCUT2D eigenvalue weighted by atomic mass is 10.2. The van der Waals surface area contributed by atoms with Gasteiger partial charge in [0.05, 0.1) is 11.9 Å². The highest BCUT2D eigenvalue weighted by molar-refractivity contribution is 5.86. The summed E-state index contributed by atoms with van der Waals surface area (Å²) in [6.07, 6.45) is 6.57. The fraction of sp³-hybridized carbons (Fsp3) is 0.273. The standard InChI is InChI=1S/C22H23F2N5O/c1-17-8-7-14-25-20(17)19-16-29(28-27-19)15-6-5-13-26-21(30)22(23,24)12-11-18-9-3-2-4-10-18/h2-4,7-12,14,16H,5-6,13,15H2,1H3,(H,26,30)/b12-11+. The van der Waals surface area contributed by atoms with Crippen LogP contribution in [0.5, 0.6) is 0 Å². The van der Waals surface area contributed by atoms with Gasteiger partial charge in [-0.1, -0.05) is 47.7 Å². The number of rotatable bonds is 9. The van der Waals surface area contributed by atoms with Crippen molar-refractivity contribution in [1.29, 1.82) is 0 Å². The second-order valence-corrected chi connectivity index (χ2v) is 6.87. The van der Waals surface area contributed by atoms with Crippen LogP contribution >= 0.6 is 0 Å². The summed E-state index contributed by atoms with van der Waals surface area (Å²) >= 11 is 0. The van der Waals surface area contributed by atoms with E-state index in [1.165, 1.54) is 6.08 Å². The molecule has 0 fully saturated rings. The van der Waals surface area contributed by atoms with Crippen LogP contribution in [0.25, 0.3) is 17.5 Å². The van der Waals surface area contributed by atoms with Crippen molar-refractivity contribution in [3.8, 4) is 11.4 Å². The predicted octanol–water partition coefficient (Wildman–Crippen LogP) is 3.89. The van der Waals surface area contributed by atoms with Crippen LogP contribution in [0.4, 0.5) is 8.78 Å². The average Bonchev–Trinajstić information content (AvgIpc) is 3.21. The van der Waals surface area contributed by atoms with Gasteiger partial charge in [0, 0.05) is 19.3 Å². The molecule has 0 saturated carbocycles. The monoisotopic (exact) mass is 411 g/mol. The Hall–Kier alpha value is -3.42. The van der Waals surface area contributed by atoms with Crippen molar-refractivity contribution < 1.29 is 13.6 Å². The molecule has 2 heterocycles. The summed E-state index contributed by atoms with van der Waals surface area (Å²) in [6.45, 7) is 2.68. The van der Waals surface area contributed by atoms with Crippen molar-refractivity contribution in [3.05, 3.63) is 72.1 Å². The van der Waals surface area contributed by atoms with E-state index in [-0.39, 0.29) is 6.54 Å². The third kappa shape index (κ3) is 5.79. The second-order valence-electron chi connectivity index (χ2n) is 6.87. The van der Waals surface area contributed by atoms with Crippen LogP contribution in [0, 0.1) is 6.92 Å². The Morgan fingerprint density at radius 3 is 2.73 bits per heavy atom. The normalized spacial score (nSPS) is 11.7. The molecule has 8 heteroatoms. The summed E-state index contributed by atoms with van der Waals surface area (Å²) in [5, 5.41) is 10.5. The molecule has 0 aliphatic heterocycles. The van der Waals surface area contributed by atoms with Gasteiger partial charge in [0.15, 0.2) is 0 Å². The Morgan fingerprint density at radius 1 is 1.17 bits per heavy atom. The van der Waals surface area contributed by atoms with Crippen molar-refractivity contribution in [2.45, 2.75) is 32.2 Å². The third-order valence-corrected chi connectivity index (χ3v) is 4.48. The number of unbranched alkanes of at least 4 members (excludes halogenated alkanes) is 1. The van der Waals surface area contributed by atoms with Crippen molar-refractivity contribution in [3.63, 3.8) is 0 Å².